The highest BCUT2D eigenvalue weighted by atomic mass is 32.2. The van der Waals surface area contributed by atoms with E-state index >= 15 is 0 Å². The van der Waals surface area contributed by atoms with Crippen molar-refractivity contribution in [1.29, 1.82) is 0 Å². The monoisotopic (exact) mass is 489 g/mol. The molecule has 0 fully saturated rings. The molecule has 0 radical (unpaired) electrons. The average molecular weight is 490 g/mol. The normalized spacial score (nSPS) is 11.3. The number of hydrogen-bond acceptors (Lipinski definition) is 7. The van der Waals surface area contributed by atoms with Crippen LogP contribution in [0.1, 0.15) is 23.7 Å². The Balaban J connectivity index is 1.44. The van der Waals surface area contributed by atoms with Gasteiger partial charge in [-0.25, -0.2) is 4.98 Å². The van der Waals surface area contributed by atoms with Crippen molar-refractivity contribution in [2.75, 3.05) is 12.0 Å². The number of methoxy groups -OCH3 is 1. The highest BCUT2D eigenvalue weighted by Gasteiger charge is 2.19. The van der Waals surface area contributed by atoms with Gasteiger partial charge in [0.2, 0.25) is 5.91 Å². The number of aromatic nitrogens is 4. The maximum atomic E-state index is 12.4. The number of fused-ring (bicyclic) bond motifs is 3. The molecule has 3 heterocycles. The molecule has 0 aliphatic carbocycles. The lowest BCUT2D eigenvalue weighted by Gasteiger charge is -2.18. The maximum Gasteiger partial charge on any atom is 0.230 e. The minimum absolute atomic E-state index is 0.0709. The van der Waals surface area contributed by atoms with Crippen LogP contribution in [0.3, 0.4) is 0 Å². The molecule has 0 N–H and O–H groups in total. The van der Waals surface area contributed by atoms with E-state index in [1.54, 1.807) is 30.7 Å². The topological polar surface area (TPSA) is 72.6 Å². The zero-order valence-electron chi connectivity index (χ0n) is 19.3. The summed E-state index contributed by atoms with van der Waals surface area (Å²) < 4.78 is 7.50. The van der Waals surface area contributed by atoms with E-state index in [4.69, 9.17) is 9.72 Å². The van der Waals surface area contributed by atoms with Crippen LogP contribution >= 0.6 is 23.1 Å². The van der Waals surface area contributed by atoms with E-state index in [2.05, 4.69) is 27.6 Å². The molecule has 0 aliphatic rings. The summed E-state index contributed by atoms with van der Waals surface area (Å²) in [6.07, 6.45) is 0. The van der Waals surface area contributed by atoms with E-state index in [0.29, 0.717) is 10.9 Å². The number of nitrogens with zero attached hydrogens (tertiary/aromatic N) is 5. The Hall–Kier alpha value is -3.43. The Morgan fingerprint density at radius 1 is 1.15 bits per heavy atom. The van der Waals surface area contributed by atoms with Crippen molar-refractivity contribution in [3.63, 3.8) is 0 Å². The number of carbonyl (C=O) groups excluding carboxylic acids is 1. The molecule has 34 heavy (non-hydrogen) atoms. The lowest BCUT2D eigenvalue weighted by atomic mass is 10.1. The number of benzene rings is 2. The third kappa shape index (κ3) is 4.12. The number of pyridine rings is 1. The van der Waals surface area contributed by atoms with Gasteiger partial charge in [0.1, 0.15) is 5.75 Å². The van der Waals surface area contributed by atoms with Crippen molar-refractivity contribution in [3.05, 3.63) is 70.7 Å². The molecule has 3 aromatic heterocycles. The summed E-state index contributed by atoms with van der Waals surface area (Å²) in [6.45, 7) is 5.64. The van der Waals surface area contributed by atoms with Crippen molar-refractivity contribution in [2.45, 2.75) is 31.7 Å². The predicted molar refractivity (Wildman–Crippen MR) is 137 cm³/mol. The van der Waals surface area contributed by atoms with Gasteiger partial charge in [0.15, 0.2) is 15.9 Å². The SMILES string of the molecule is COc1ccc2c(C)cc3nnc(SCc4csc(N(C(C)=O)c5cccc(C)c5)n4)n3c2c1. The molecular weight excluding hydrogens is 466 g/mol. The van der Waals surface area contributed by atoms with Crippen LogP contribution in [-0.2, 0) is 10.5 Å². The van der Waals surface area contributed by atoms with Crippen molar-refractivity contribution >= 4 is 56.4 Å². The number of rotatable bonds is 6. The summed E-state index contributed by atoms with van der Waals surface area (Å²) in [7, 11) is 1.66. The first-order chi connectivity index (χ1) is 16.4. The number of ether oxygens (including phenoxy) is 1. The van der Waals surface area contributed by atoms with Gasteiger partial charge in [0.25, 0.3) is 0 Å². The maximum absolute atomic E-state index is 12.4. The fraction of sp³-hybridized carbons (Fsp3) is 0.200. The second-order valence-electron chi connectivity index (χ2n) is 7.99. The van der Waals surface area contributed by atoms with Crippen LogP contribution < -0.4 is 9.64 Å². The molecule has 2 aromatic carbocycles. The molecule has 0 spiro atoms. The Morgan fingerprint density at radius 2 is 2.00 bits per heavy atom. The van der Waals surface area contributed by atoms with Gasteiger partial charge in [-0.1, -0.05) is 23.9 Å². The molecule has 9 heteroatoms. The summed E-state index contributed by atoms with van der Waals surface area (Å²) in [5, 5.41) is 13.4. The minimum Gasteiger partial charge on any atom is -0.497 e. The van der Waals surface area contributed by atoms with Gasteiger partial charge in [0.05, 0.1) is 24.0 Å². The number of hydrogen-bond donors (Lipinski definition) is 0. The number of aryl methyl sites for hydroxylation is 2. The third-order valence-electron chi connectivity index (χ3n) is 5.53. The van der Waals surface area contributed by atoms with E-state index < -0.39 is 0 Å². The first-order valence-electron chi connectivity index (χ1n) is 10.7. The van der Waals surface area contributed by atoms with Gasteiger partial charge in [-0.05, 0) is 55.3 Å². The van der Waals surface area contributed by atoms with E-state index in [1.165, 1.54) is 11.3 Å². The zero-order valence-corrected chi connectivity index (χ0v) is 20.9. The molecule has 172 valence electrons. The van der Waals surface area contributed by atoms with Crippen LogP contribution in [0, 0.1) is 13.8 Å². The van der Waals surface area contributed by atoms with E-state index in [-0.39, 0.29) is 5.91 Å². The van der Waals surface area contributed by atoms with Crippen molar-refractivity contribution in [3.8, 4) is 5.75 Å². The second kappa shape index (κ2) is 9.08. The van der Waals surface area contributed by atoms with Crippen LogP contribution in [0.5, 0.6) is 5.75 Å². The molecular formula is C25H23N5O2S2. The van der Waals surface area contributed by atoms with Gasteiger partial charge in [-0.3, -0.25) is 14.1 Å². The molecule has 0 saturated heterocycles. The fourth-order valence-electron chi connectivity index (χ4n) is 3.92. The largest absolute Gasteiger partial charge is 0.497 e. The molecule has 0 unspecified atom stereocenters. The molecule has 0 aliphatic heterocycles. The smallest absolute Gasteiger partial charge is 0.230 e. The number of thiazole rings is 1. The van der Waals surface area contributed by atoms with E-state index in [0.717, 1.165) is 50.0 Å². The average Bonchev–Trinajstić information content (AvgIpc) is 3.44. The molecule has 1 amide bonds. The summed E-state index contributed by atoms with van der Waals surface area (Å²) in [4.78, 5) is 18.8. The molecule has 5 rings (SSSR count). The number of thioether (sulfide) groups is 1. The van der Waals surface area contributed by atoms with Gasteiger partial charge in [-0.15, -0.1) is 21.5 Å². The van der Waals surface area contributed by atoms with Crippen molar-refractivity contribution in [2.24, 2.45) is 0 Å². The summed E-state index contributed by atoms with van der Waals surface area (Å²) >= 11 is 3.02. The number of amides is 1. The van der Waals surface area contributed by atoms with Gasteiger partial charge < -0.3 is 4.74 Å². The van der Waals surface area contributed by atoms with Crippen LogP contribution in [0.15, 0.2) is 59.1 Å². The predicted octanol–water partition coefficient (Wildman–Crippen LogP) is 5.94. The van der Waals surface area contributed by atoms with Gasteiger partial charge in [-0.2, -0.15) is 0 Å². The molecule has 0 saturated carbocycles. The van der Waals surface area contributed by atoms with Crippen LogP contribution in [0.4, 0.5) is 10.8 Å². The first kappa shape index (κ1) is 22.4. The lowest BCUT2D eigenvalue weighted by Crippen LogP contribution is -2.22. The summed E-state index contributed by atoms with van der Waals surface area (Å²) in [6, 6.07) is 15.9. The Morgan fingerprint density at radius 3 is 2.76 bits per heavy atom. The molecule has 5 aromatic rings. The van der Waals surface area contributed by atoms with Crippen molar-refractivity contribution < 1.29 is 9.53 Å². The first-order valence-corrected chi connectivity index (χ1v) is 12.6. The van der Waals surface area contributed by atoms with Gasteiger partial charge in [0, 0.05) is 29.5 Å². The van der Waals surface area contributed by atoms with Crippen LogP contribution in [-0.4, -0.2) is 32.6 Å². The minimum atomic E-state index is -0.0709. The molecule has 7 nitrogen and oxygen atoms in total. The summed E-state index contributed by atoms with van der Waals surface area (Å²) in [5.41, 5.74) is 5.73. The Bertz CT molecular complexity index is 1520. The molecule has 0 atom stereocenters. The lowest BCUT2D eigenvalue weighted by molar-refractivity contribution is -0.115. The fourth-order valence-corrected chi connectivity index (χ4v) is 5.76. The van der Waals surface area contributed by atoms with E-state index in [9.17, 15) is 4.79 Å². The Labute approximate surface area is 205 Å². The van der Waals surface area contributed by atoms with Crippen LogP contribution in [0.2, 0.25) is 0 Å². The number of anilines is 2. The molecule has 0 bridgehead atoms. The van der Waals surface area contributed by atoms with Gasteiger partial charge >= 0.3 is 0 Å². The zero-order chi connectivity index (χ0) is 23.8. The van der Waals surface area contributed by atoms with Crippen LogP contribution in [0.25, 0.3) is 16.6 Å². The highest BCUT2D eigenvalue weighted by Crippen LogP contribution is 2.33. The second-order valence-corrected chi connectivity index (χ2v) is 9.77. The van der Waals surface area contributed by atoms with E-state index in [1.807, 2.05) is 54.8 Å². The number of carbonyl (C=O) groups is 1. The third-order valence-corrected chi connectivity index (χ3v) is 7.37. The highest BCUT2D eigenvalue weighted by molar-refractivity contribution is 7.98. The standard InChI is InChI=1S/C25H23N5O2S2/c1-15-6-5-7-19(10-15)29(17(3)31)24-26-18(13-33-24)14-34-25-28-27-23-11-16(2)21-9-8-20(32-4)12-22(21)30(23)25/h5-13H,14H2,1-4H3. The van der Waals surface area contributed by atoms with Crippen molar-refractivity contribution in [1.82, 2.24) is 19.6 Å². The Kier molecular flexibility index (Phi) is 5.97. The quantitative estimate of drug-likeness (QED) is 0.275. The summed E-state index contributed by atoms with van der Waals surface area (Å²) in [5.74, 6) is 1.32.